The third-order valence-corrected chi connectivity index (χ3v) is 5.29. The number of methoxy groups -OCH3 is 2. The Morgan fingerprint density at radius 1 is 1.03 bits per heavy atom. The van der Waals surface area contributed by atoms with Crippen molar-refractivity contribution in [3.05, 3.63) is 54.1 Å². The lowest BCUT2D eigenvalue weighted by Gasteiger charge is -2.34. The Morgan fingerprint density at radius 2 is 1.69 bits per heavy atom. The van der Waals surface area contributed by atoms with E-state index < -0.39 is 0 Å². The maximum absolute atomic E-state index is 13.2. The van der Waals surface area contributed by atoms with Crippen molar-refractivity contribution in [2.24, 2.45) is 0 Å². The van der Waals surface area contributed by atoms with Crippen LogP contribution in [0.25, 0.3) is 5.69 Å². The van der Waals surface area contributed by atoms with Gasteiger partial charge in [0.15, 0.2) is 5.82 Å². The van der Waals surface area contributed by atoms with E-state index in [4.69, 9.17) is 9.47 Å². The fourth-order valence-corrected chi connectivity index (χ4v) is 3.56. The van der Waals surface area contributed by atoms with E-state index in [-0.39, 0.29) is 11.8 Å². The molecule has 1 N–H and O–H groups in total. The summed E-state index contributed by atoms with van der Waals surface area (Å²) in [5.74, 6) is 1.39. The number of rotatable bonds is 6. The van der Waals surface area contributed by atoms with Crippen molar-refractivity contribution in [2.75, 3.05) is 45.7 Å². The van der Waals surface area contributed by atoms with Crippen LogP contribution in [0.5, 0.6) is 11.5 Å². The summed E-state index contributed by atoms with van der Waals surface area (Å²) in [6.45, 7) is 2.92. The van der Waals surface area contributed by atoms with E-state index >= 15 is 0 Å². The highest BCUT2D eigenvalue weighted by Crippen LogP contribution is 2.34. The quantitative estimate of drug-likeness (QED) is 0.626. The number of hydrogen-bond acceptors (Lipinski definition) is 7. The molecular weight excluding hydrogens is 417 g/mol. The molecule has 2 heterocycles. The van der Waals surface area contributed by atoms with E-state index in [9.17, 15) is 9.18 Å². The number of carbonyl (C=O) groups excluding carboxylic acids is 1. The van der Waals surface area contributed by atoms with Gasteiger partial charge in [0, 0.05) is 26.2 Å². The average molecular weight is 441 g/mol. The SMILES string of the molecule is COc1cccc(OC)c1NC(=O)N1CCN(Cc2nnnn2-c2ccc(F)cc2)CC1. The van der Waals surface area contributed by atoms with Crippen molar-refractivity contribution in [1.82, 2.24) is 30.0 Å². The van der Waals surface area contributed by atoms with Crippen LogP contribution in [-0.2, 0) is 6.54 Å². The minimum Gasteiger partial charge on any atom is -0.494 e. The van der Waals surface area contributed by atoms with Crippen LogP contribution in [0.15, 0.2) is 42.5 Å². The summed E-state index contributed by atoms with van der Waals surface area (Å²) in [5, 5.41) is 14.8. The number of nitrogens with one attached hydrogen (secondary N) is 1. The number of halogens is 1. The van der Waals surface area contributed by atoms with Crippen LogP contribution in [0.3, 0.4) is 0 Å². The third-order valence-electron chi connectivity index (χ3n) is 5.29. The second kappa shape index (κ2) is 9.60. The fraction of sp³-hybridized carbons (Fsp3) is 0.333. The summed E-state index contributed by atoms with van der Waals surface area (Å²) in [6, 6.07) is 11.1. The summed E-state index contributed by atoms with van der Waals surface area (Å²) in [5.41, 5.74) is 1.19. The molecule has 2 aromatic carbocycles. The first-order chi connectivity index (χ1) is 15.6. The lowest BCUT2D eigenvalue weighted by Crippen LogP contribution is -2.49. The molecule has 0 saturated carbocycles. The number of aromatic nitrogens is 4. The number of piperazine rings is 1. The Hall–Kier alpha value is -3.73. The first-order valence-corrected chi connectivity index (χ1v) is 10.1. The van der Waals surface area contributed by atoms with E-state index in [1.807, 2.05) is 0 Å². The zero-order valence-electron chi connectivity index (χ0n) is 17.9. The molecule has 1 saturated heterocycles. The van der Waals surface area contributed by atoms with Crippen molar-refractivity contribution < 1.29 is 18.7 Å². The number of carbonyl (C=O) groups is 1. The number of benzene rings is 2. The second-order valence-electron chi connectivity index (χ2n) is 7.21. The molecule has 0 spiro atoms. The van der Waals surface area contributed by atoms with E-state index in [1.165, 1.54) is 12.1 Å². The largest absolute Gasteiger partial charge is 0.494 e. The number of nitrogens with zero attached hydrogens (tertiary/aromatic N) is 6. The van der Waals surface area contributed by atoms with Crippen LogP contribution in [0, 0.1) is 5.82 Å². The van der Waals surface area contributed by atoms with Crippen LogP contribution in [0.1, 0.15) is 5.82 Å². The molecule has 4 rings (SSSR count). The molecule has 0 radical (unpaired) electrons. The van der Waals surface area contributed by atoms with Crippen LogP contribution < -0.4 is 14.8 Å². The molecular formula is C21H24FN7O3. The Balaban J connectivity index is 1.36. The van der Waals surface area contributed by atoms with Gasteiger partial charge in [0.2, 0.25) is 0 Å². The highest BCUT2D eigenvalue weighted by Gasteiger charge is 2.24. The molecule has 1 fully saturated rings. The first-order valence-electron chi connectivity index (χ1n) is 10.1. The molecule has 0 aliphatic carbocycles. The summed E-state index contributed by atoms with van der Waals surface area (Å²) >= 11 is 0. The summed E-state index contributed by atoms with van der Waals surface area (Å²) < 4.78 is 25.5. The molecule has 10 nitrogen and oxygen atoms in total. The second-order valence-corrected chi connectivity index (χ2v) is 7.21. The zero-order chi connectivity index (χ0) is 22.5. The van der Waals surface area contributed by atoms with Crippen molar-refractivity contribution in [3.8, 4) is 17.2 Å². The summed E-state index contributed by atoms with van der Waals surface area (Å²) in [6.07, 6.45) is 0. The van der Waals surface area contributed by atoms with Gasteiger partial charge in [-0.1, -0.05) is 6.07 Å². The lowest BCUT2D eigenvalue weighted by atomic mass is 10.2. The highest BCUT2D eigenvalue weighted by atomic mass is 19.1. The first kappa shape index (κ1) is 21.5. The highest BCUT2D eigenvalue weighted by molar-refractivity contribution is 5.93. The van der Waals surface area contributed by atoms with Gasteiger partial charge in [-0.25, -0.2) is 9.18 Å². The lowest BCUT2D eigenvalue weighted by molar-refractivity contribution is 0.140. The van der Waals surface area contributed by atoms with Gasteiger partial charge in [-0.3, -0.25) is 4.90 Å². The van der Waals surface area contributed by atoms with Gasteiger partial charge in [-0.15, -0.1) is 5.10 Å². The van der Waals surface area contributed by atoms with Gasteiger partial charge in [0.05, 0.1) is 26.5 Å². The Labute approximate surface area is 184 Å². The van der Waals surface area contributed by atoms with Crippen LogP contribution in [-0.4, -0.2) is 76.4 Å². The van der Waals surface area contributed by atoms with E-state index in [1.54, 1.807) is 54.1 Å². The molecule has 32 heavy (non-hydrogen) atoms. The summed E-state index contributed by atoms with van der Waals surface area (Å²) in [4.78, 5) is 16.7. The monoisotopic (exact) mass is 441 g/mol. The number of tetrazole rings is 1. The molecule has 1 aromatic heterocycles. The van der Waals surface area contributed by atoms with Gasteiger partial charge in [0.25, 0.3) is 0 Å². The standard InChI is InChI=1S/C21H24FN7O3/c1-31-17-4-3-5-18(32-2)20(17)23-21(30)28-12-10-27(11-13-28)14-19-24-25-26-29(19)16-8-6-15(22)7-9-16/h3-9H,10-14H2,1-2H3,(H,23,30). The normalized spacial score (nSPS) is 14.3. The number of para-hydroxylation sites is 1. The van der Waals surface area contributed by atoms with Crippen LogP contribution in [0.4, 0.5) is 14.9 Å². The summed E-state index contributed by atoms with van der Waals surface area (Å²) in [7, 11) is 3.09. The topological polar surface area (TPSA) is 97.6 Å². The van der Waals surface area contributed by atoms with Crippen molar-refractivity contribution in [2.45, 2.75) is 6.54 Å². The molecule has 168 valence electrons. The Morgan fingerprint density at radius 3 is 2.31 bits per heavy atom. The Kier molecular flexibility index (Phi) is 6.45. The van der Waals surface area contributed by atoms with Gasteiger partial charge >= 0.3 is 6.03 Å². The number of anilines is 1. The molecule has 3 aromatic rings. The molecule has 0 atom stereocenters. The molecule has 1 aliphatic rings. The molecule has 0 bridgehead atoms. The number of ether oxygens (including phenoxy) is 2. The van der Waals surface area contributed by atoms with Crippen LogP contribution >= 0.6 is 0 Å². The molecule has 1 aliphatic heterocycles. The Bertz CT molecular complexity index is 1040. The van der Waals surface area contributed by atoms with E-state index in [2.05, 4.69) is 25.7 Å². The maximum Gasteiger partial charge on any atom is 0.322 e. The predicted molar refractivity (Wildman–Crippen MR) is 115 cm³/mol. The average Bonchev–Trinajstić information content (AvgIpc) is 3.28. The van der Waals surface area contributed by atoms with E-state index in [0.717, 1.165) is 0 Å². The number of hydrogen-bond donors (Lipinski definition) is 1. The number of amides is 2. The smallest absolute Gasteiger partial charge is 0.322 e. The van der Waals surface area contributed by atoms with Crippen molar-refractivity contribution in [1.29, 1.82) is 0 Å². The van der Waals surface area contributed by atoms with Gasteiger partial charge in [-0.2, -0.15) is 4.68 Å². The van der Waals surface area contributed by atoms with Gasteiger partial charge < -0.3 is 19.7 Å². The molecule has 2 amide bonds. The number of urea groups is 1. The molecule has 0 unspecified atom stereocenters. The molecule has 11 heteroatoms. The van der Waals surface area contributed by atoms with Gasteiger partial charge in [-0.05, 0) is 46.8 Å². The fourth-order valence-electron chi connectivity index (χ4n) is 3.56. The third kappa shape index (κ3) is 4.62. The zero-order valence-corrected chi connectivity index (χ0v) is 17.9. The minimum atomic E-state index is -0.316. The van der Waals surface area contributed by atoms with Gasteiger partial charge in [0.1, 0.15) is 23.0 Å². The predicted octanol–water partition coefficient (Wildman–Crippen LogP) is 2.17. The maximum atomic E-state index is 13.2. The van der Waals surface area contributed by atoms with E-state index in [0.29, 0.717) is 61.4 Å². The van der Waals surface area contributed by atoms with Crippen molar-refractivity contribution in [3.63, 3.8) is 0 Å². The van der Waals surface area contributed by atoms with Crippen molar-refractivity contribution >= 4 is 11.7 Å². The van der Waals surface area contributed by atoms with Crippen LogP contribution in [0.2, 0.25) is 0 Å². The minimum absolute atomic E-state index is 0.219.